The van der Waals surface area contributed by atoms with Crippen LogP contribution in [0.2, 0.25) is 0 Å². The number of carbonyl (C=O) groups is 2. The molecular formula is C22H22N2O3S. The number of carbonyl (C=O) groups excluding carboxylic acids is 2. The van der Waals surface area contributed by atoms with Crippen molar-refractivity contribution in [1.82, 2.24) is 5.32 Å². The highest BCUT2D eigenvalue weighted by Gasteiger charge is 2.07. The average Bonchev–Trinajstić information content (AvgIpc) is 3.21. The summed E-state index contributed by atoms with van der Waals surface area (Å²) < 4.78 is 5.54. The monoisotopic (exact) mass is 394 g/mol. The van der Waals surface area contributed by atoms with E-state index in [1.807, 2.05) is 60.8 Å². The van der Waals surface area contributed by atoms with Crippen LogP contribution in [0.1, 0.15) is 16.0 Å². The Morgan fingerprint density at radius 1 is 0.964 bits per heavy atom. The summed E-state index contributed by atoms with van der Waals surface area (Å²) in [5.41, 5.74) is 2.54. The summed E-state index contributed by atoms with van der Waals surface area (Å²) in [5, 5.41) is 7.68. The normalized spacial score (nSPS) is 10.3. The van der Waals surface area contributed by atoms with Crippen LogP contribution in [0.4, 0.5) is 5.69 Å². The van der Waals surface area contributed by atoms with Gasteiger partial charge in [-0.25, -0.2) is 0 Å². The molecule has 0 saturated carbocycles. The molecule has 2 aromatic carbocycles. The number of amides is 2. The molecular weight excluding hydrogens is 372 g/mol. The molecule has 0 aliphatic carbocycles. The predicted octanol–water partition coefficient (Wildman–Crippen LogP) is 3.93. The van der Waals surface area contributed by atoms with Crippen LogP contribution in [-0.4, -0.2) is 18.4 Å². The number of para-hydroxylation sites is 1. The molecule has 28 heavy (non-hydrogen) atoms. The third-order valence-electron chi connectivity index (χ3n) is 4.09. The molecule has 0 spiro atoms. The van der Waals surface area contributed by atoms with Gasteiger partial charge in [-0.2, -0.15) is 0 Å². The lowest BCUT2D eigenvalue weighted by molar-refractivity contribution is -0.120. The number of anilines is 1. The molecule has 0 fully saturated rings. The second-order valence-electron chi connectivity index (χ2n) is 6.33. The number of rotatable bonds is 8. The standard InChI is InChI=1S/C22H22N2O3S/c1-16-5-2-3-7-20(16)27-15-22(26)24-18-10-8-17(9-11-18)13-21(25)23-14-19-6-4-12-28-19/h2-12H,13-15H2,1H3,(H,23,25)(H,24,26). The highest BCUT2D eigenvalue weighted by atomic mass is 32.1. The van der Waals surface area contributed by atoms with Gasteiger partial charge in [0.2, 0.25) is 5.91 Å². The van der Waals surface area contributed by atoms with Crippen molar-refractivity contribution in [3.05, 3.63) is 82.0 Å². The van der Waals surface area contributed by atoms with E-state index < -0.39 is 0 Å². The minimum absolute atomic E-state index is 0.0307. The number of benzene rings is 2. The molecule has 0 atom stereocenters. The summed E-state index contributed by atoms with van der Waals surface area (Å²) in [5.74, 6) is 0.433. The Kier molecular flexibility index (Phi) is 6.81. The number of hydrogen-bond donors (Lipinski definition) is 2. The zero-order chi connectivity index (χ0) is 19.8. The smallest absolute Gasteiger partial charge is 0.262 e. The zero-order valence-corrected chi connectivity index (χ0v) is 16.4. The van der Waals surface area contributed by atoms with Crippen LogP contribution in [-0.2, 0) is 22.6 Å². The summed E-state index contributed by atoms with van der Waals surface area (Å²) in [6, 6.07) is 18.8. The van der Waals surface area contributed by atoms with E-state index in [9.17, 15) is 9.59 Å². The molecule has 2 N–H and O–H groups in total. The maximum Gasteiger partial charge on any atom is 0.262 e. The maximum absolute atomic E-state index is 12.1. The molecule has 144 valence electrons. The van der Waals surface area contributed by atoms with Crippen molar-refractivity contribution in [3.63, 3.8) is 0 Å². The lowest BCUT2D eigenvalue weighted by Gasteiger charge is -2.10. The number of aryl methyl sites for hydroxylation is 1. The third-order valence-corrected chi connectivity index (χ3v) is 4.97. The van der Waals surface area contributed by atoms with E-state index in [4.69, 9.17) is 4.74 Å². The van der Waals surface area contributed by atoms with Gasteiger partial charge in [0, 0.05) is 10.6 Å². The van der Waals surface area contributed by atoms with Gasteiger partial charge in [-0.1, -0.05) is 36.4 Å². The van der Waals surface area contributed by atoms with Crippen molar-refractivity contribution in [3.8, 4) is 5.75 Å². The first kappa shape index (κ1) is 19.6. The topological polar surface area (TPSA) is 67.4 Å². The van der Waals surface area contributed by atoms with Gasteiger partial charge < -0.3 is 15.4 Å². The second-order valence-corrected chi connectivity index (χ2v) is 7.36. The first-order valence-electron chi connectivity index (χ1n) is 8.96. The molecule has 3 aromatic rings. The summed E-state index contributed by atoms with van der Waals surface area (Å²) in [6.07, 6.45) is 0.302. The first-order chi connectivity index (χ1) is 13.6. The fourth-order valence-corrected chi connectivity index (χ4v) is 3.26. The molecule has 0 radical (unpaired) electrons. The molecule has 3 rings (SSSR count). The molecule has 1 heterocycles. The van der Waals surface area contributed by atoms with E-state index in [-0.39, 0.29) is 18.4 Å². The van der Waals surface area contributed by atoms with Crippen molar-refractivity contribution in [1.29, 1.82) is 0 Å². The molecule has 0 saturated heterocycles. The first-order valence-corrected chi connectivity index (χ1v) is 9.84. The fraction of sp³-hybridized carbons (Fsp3) is 0.182. The molecule has 0 aliphatic heterocycles. The van der Waals surface area contributed by atoms with Gasteiger partial charge in [-0.3, -0.25) is 9.59 Å². The Bertz CT molecular complexity index is 921. The van der Waals surface area contributed by atoms with Crippen molar-refractivity contribution in [2.75, 3.05) is 11.9 Å². The largest absolute Gasteiger partial charge is 0.483 e. The van der Waals surface area contributed by atoms with Crippen LogP contribution in [0, 0.1) is 6.92 Å². The zero-order valence-electron chi connectivity index (χ0n) is 15.6. The van der Waals surface area contributed by atoms with Gasteiger partial charge in [-0.15, -0.1) is 11.3 Å². The number of thiophene rings is 1. The molecule has 1 aromatic heterocycles. The van der Waals surface area contributed by atoms with Crippen LogP contribution < -0.4 is 15.4 Å². The fourth-order valence-electron chi connectivity index (χ4n) is 2.61. The second kappa shape index (κ2) is 9.71. The third kappa shape index (κ3) is 5.96. The van der Waals surface area contributed by atoms with Crippen LogP contribution in [0.5, 0.6) is 5.75 Å². The molecule has 0 bridgehead atoms. The van der Waals surface area contributed by atoms with E-state index in [2.05, 4.69) is 10.6 Å². The van der Waals surface area contributed by atoms with Crippen molar-refractivity contribution < 1.29 is 14.3 Å². The quantitative estimate of drug-likeness (QED) is 0.608. The summed E-state index contributed by atoms with van der Waals surface area (Å²) in [6.45, 7) is 2.42. The molecule has 0 aliphatic rings. The predicted molar refractivity (Wildman–Crippen MR) is 112 cm³/mol. The minimum Gasteiger partial charge on any atom is -0.483 e. The van der Waals surface area contributed by atoms with Gasteiger partial charge in [0.05, 0.1) is 13.0 Å². The SMILES string of the molecule is Cc1ccccc1OCC(=O)Nc1ccc(CC(=O)NCc2cccs2)cc1. The number of ether oxygens (including phenoxy) is 1. The average molecular weight is 394 g/mol. The van der Waals surface area contributed by atoms with E-state index in [0.29, 0.717) is 24.4 Å². The summed E-state index contributed by atoms with van der Waals surface area (Å²) in [4.78, 5) is 25.2. The Morgan fingerprint density at radius 3 is 2.46 bits per heavy atom. The van der Waals surface area contributed by atoms with E-state index >= 15 is 0 Å². The van der Waals surface area contributed by atoms with Gasteiger partial charge in [0.1, 0.15) is 5.75 Å². The van der Waals surface area contributed by atoms with Gasteiger partial charge in [-0.05, 0) is 47.7 Å². The van der Waals surface area contributed by atoms with Crippen LogP contribution in [0.3, 0.4) is 0 Å². The van der Waals surface area contributed by atoms with Crippen LogP contribution >= 0.6 is 11.3 Å². The highest BCUT2D eigenvalue weighted by Crippen LogP contribution is 2.16. The Labute approximate surface area is 168 Å². The Hall–Kier alpha value is -3.12. The van der Waals surface area contributed by atoms with Gasteiger partial charge >= 0.3 is 0 Å². The number of nitrogens with one attached hydrogen (secondary N) is 2. The minimum atomic E-state index is -0.232. The van der Waals surface area contributed by atoms with Crippen LogP contribution in [0.15, 0.2) is 66.0 Å². The van der Waals surface area contributed by atoms with Crippen molar-refractivity contribution in [2.45, 2.75) is 19.9 Å². The van der Waals surface area contributed by atoms with Crippen LogP contribution in [0.25, 0.3) is 0 Å². The summed E-state index contributed by atoms with van der Waals surface area (Å²) in [7, 11) is 0. The van der Waals surface area contributed by atoms with Crippen molar-refractivity contribution >= 4 is 28.8 Å². The molecule has 2 amide bonds. The lowest BCUT2D eigenvalue weighted by atomic mass is 10.1. The Balaban J connectivity index is 1.44. The number of hydrogen-bond acceptors (Lipinski definition) is 4. The maximum atomic E-state index is 12.1. The molecule has 5 nitrogen and oxygen atoms in total. The van der Waals surface area contributed by atoms with Gasteiger partial charge in [0.25, 0.3) is 5.91 Å². The highest BCUT2D eigenvalue weighted by molar-refractivity contribution is 7.09. The molecule has 0 unspecified atom stereocenters. The van der Waals surface area contributed by atoms with Gasteiger partial charge in [0.15, 0.2) is 6.61 Å². The molecule has 6 heteroatoms. The Morgan fingerprint density at radius 2 is 1.75 bits per heavy atom. The van der Waals surface area contributed by atoms with Crippen molar-refractivity contribution in [2.24, 2.45) is 0 Å². The van der Waals surface area contributed by atoms with E-state index in [1.165, 1.54) is 0 Å². The van der Waals surface area contributed by atoms with E-state index in [0.717, 1.165) is 16.0 Å². The van der Waals surface area contributed by atoms with E-state index in [1.54, 1.807) is 23.5 Å². The lowest BCUT2D eigenvalue weighted by Crippen LogP contribution is -2.24. The summed E-state index contributed by atoms with van der Waals surface area (Å²) >= 11 is 1.62.